The quantitative estimate of drug-likeness (QED) is 0.637. The summed E-state index contributed by atoms with van der Waals surface area (Å²) in [4.78, 5) is 24.3. The number of hydrogen-bond acceptors (Lipinski definition) is 4. The molecule has 0 saturated heterocycles. The predicted octanol–water partition coefficient (Wildman–Crippen LogP) is 3.12. The van der Waals surface area contributed by atoms with Gasteiger partial charge in [-0.2, -0.15) is 0 Å². The largest absolute Gasteiger partial charge is 0.355 e. The van der Waals surface area contributed by atoms with Crippen LogP contribution in [0, 0.1) is 0 Å². The molecule has 0 aliphatic carbocycles. The maximum atomic E-state index is 12.8. The van der Waals surface area contributed by atoms with Crippen LogP contribution in [0.4, 0.5) is 11.4 Å². The van der Waals surface area contributed by atoms with Gasteiger partial charge in [-0.25, -0.2) is 8.42 Å². The average molecular weight is 423 g/mol. The normalized spacial score (nSPS) is 10.9. The number of nitrogens with one attached hydrogen (secondary N) is 2. The van der Waals surface area contributed by atoms with Gasteiger partial charge < -0.3 is 10.6 Å². The molecule has 0 unspecified atom stereocenters. The summed E-state index contributed by atoms with van der Waals surface area (Å²) in [6.07, 6.45) is 0. The van der Waals surface area contributed by atoms with E-state index in [1.807, 2.05) is 6.07 Å². The van der Waals surface area contributed by atoms with Gasteiger partial charge >= 0.3 is 0 Å². The van der Waals surface area contributed by atoms with Crippen molar-refractivity contribution >= 4 is 33.2 Å². The Morgan fingerprint density at radius 3 is 2.10 bits per heavy atom. The van der Waals surface area contributed by atoms with E-state index in [0.717, 1.165) is 0 Å². The van der Waals surface area contributed by atoms with Crippen molar-refractivity contribution in [3.8, 4) is 0 Å². The Morgan fingerprint density at radius 1 is 0.800 bits per heavy atom. The molecule has 0 saturated carbocycles. The molecule has 0 aromatic heterocycles. The standard InChI is InChI=1S/C22H21N3O4S/c1-23-21(26)17-7-6-8-18(15-17)24-22(27)16-11-13-20(14-12-16)30(28,29)25(2)19-9-4-3-5-10-19/h3-15H,1-2H3,(H,23,26)(H,24,27). The third-order valence-electron chi connectivity index (χ3n) is 4.50. The highest BCUT2D eigenvalue weighted by Gasteiger charge is 2.21. The minimum absolute atomic E-state index is 0.0759. The molecular weight excluding hydrogens is 402 g/mol. The fourth-order valence-corrected chi connectivity index (χ4v) is 3.99. The number of sulfonamides is 1. The summed E-state index contributed by atoms with van der Waals surface area (Å²) in [6.45, 7) is 0. The van der Waals surface area contributed by atoms with Gasteiger partial charge in [0.2, 0.25) is 0 Å². The summed E-state index contributed by atoms with van der Waals surface area (Å²) in [6, 6.07) is 20.9. The summed E-state index contributed by atoms with van der Waals surface area (Å²) >= 11 is 0. The molecule has 0 spiro atoms. The van der Waals surface area contributed by atoms with Crippen LogP contribution in [0.3, 0.4) is 0 Å². The Morgan fingerprint density at radius 2 is 1.47 bits per heavy atom. The van der Waals surface area contributed by atoms with Crippen LogP contribution in [0.1, 0.15) is 20.7 Å². The van der Waals surface area contributed by atoms with E-state index >= 15 is 0 Å². The Balaban J connectivity index is 1.77. The van der Waals surface area contributed by atoms with E-state index in [1.54, 1.807) is 48.5 Å². The van der Waals surface area contributed by atoms with Crippen molar-refractivity contribution in [2.24, 2.45) is 0 Å². The van der Waals surface area contributed by atoms with Gasteiger partial charge in [-0.05, 0) is 54.6 Å². The van der Waals surface area contributed by atoms with Crippen molar-refractivity contribution in [3.05, 3.63) is 90.0 Å². The second kappa shape index (κ2) is 8.79. The highest BCUT2D eigenvalue weighted by molar-refractivity contribution is 7.92. The molecule has 0 atom stereocenters. The number of amides is 2. The van der Waals surface area contributed by atoms with Crippen molar-refractivity contribution in [3.63, 3.8) is 0 Å². The van der Waals surface area contributed by atoms with Gasteiger partial charge in [-0.1, -0.05) is 24.3 Å². The van der Waals surface area contributed by atoms with Crippen molar-refractivity contribution in [1.29, 1.82) is 0 Å². The zero-order valence-corrected chi connectivity index (χ0v) is 17.3. The van der Waals surface area contributed by atoms with Gasteiger partial charge in [0.05, 0.1) is 10.6 Å². The molecule has 154 valence electrons. The van der Waals surface area contributed by atoms with Gasteiger partial charge in [-0.15, -0.1) is 0 Å². The van der Waals surface area contributed by atoms with Gasteiger partial charge in [0.25, 0.3) is 21.8 Å². The van der Waals surface area contributed by atoms with Crippen LogP contribution >= 0.6 is 0 Å². The fourth-order valence-electron chi connectivity index (χ4n) is 2.80. The third kappa shape index (κ3) is 4.49. The first-order valence-corrected chi connectivity index (χ1v) is 10.5. The van der Waals surface area contributed by atoms with E-state index in [4.69, 9.17) is 0 Å². The minimum Gasteiger partial charge on any atom is -0.355 e. The van der Waals surface area contributed by atoms with E-state index < -0.39 is 15.9 Å². The molecule has 3 rings (SSSR count). The van der Waals surface area contributed by atoms with Crippen molar-refractivity contribution in [2.45, 2.75) is 4.90 Å². The number of carbonyl (C=O) groups excluding carboxylic acids is 2. The summed E-state index contributed by atoms with van der Waals surface area (Å²) in [5.74, 6) is -0.674. The van der Waals surface area contributed by atoms with Crippen molar-refractivity contribution in [1.82, 2.24) is 5.32 Å². The van der Waals surface area contributed by atoms with Crippen LogP contribution in [0.15, 0.2) is 83.8 Å². The number of rotatable bonds is 6. The topological polar surface area (TPSA) is 95.6 Å². The second-order valence-corrected chi connectivity index (χ2v) is 8.42. The first kappa shape index (κ1) is 21.1. The van der Waals surface area contributed by atoms with E-state index in [-0.39, 0.29) is 10.8 Å². The van der Waals surface area contributed by atoms with Crippen LogP contribution in [0.5, 0.6) is 0 Å². The molecule has 2 amide bonds. The Labute approximate surface area is 175 Å². The lowest BCUT2D eigenvalue weighted by atomic mass is 10.1. The van der Waals surface area contributed by atoms with Crippen LogP contribution in [0.2, 0.25) is 0 Å². The molecule has 0 heterocycles. The third-order valence-corrected chi connectivity index (χ3v) is 6.30. The zero-order valence-electron chi connectivity index (χ0n) is 16.5. The molecule has 0 bridgehead atoms. The average Bonchev–Trinajstić information content (AvgIpc) is 2.78. The molecule has 3 aromatic rings. The Bertz CT molecular complexity index is 1160. The van der Waals surface area contributed by atoms with Crippen molar-refractivity contribution < 1.29 is 18.0 Å². The molecule has 0 fully saturated rings. The second-order valence-electron chi connectivity index (χ2n) is 6.45. The summed E-state index contributed by atoms with van der Waals surface area (Å²) < 4.78 is 26.8. The highest BCUT2D eigenvalue weighted by atomic mass is 32.2. The molecule has 30 heavy (non-hydrogen) atoms. The molecule has 0 radical (unpaired) electrons. The van der Waals surface area contributed by atoms with Gasteiger partial charge in [0, 0.05) is 30.9 Å². The predicted molar refractivity (Wildman–Crippen MR) is 116 cm³/mol. The Hall–Kier alpha value is -3.65. The number of hydrogen-bond donors (Lipinski definition) is 2. The number of carbonyl (C=O) groups is 2. The molecule has 0 aliphatic rings. The maximum absolute atomic E-state index is 12.8. The number of nitrogens with zero attached hydrogens (tertiary/aromatic N) is 1. The smallest absolute Gasteiger partial charge is 0.264 e. The van der Waals surface area contributed by atoms with Crippen LogP contribution in [0.25, 0.3) is 0 Å². The van der Waals surface area contributed by atoms with Crippen LogP contribution < -0.4 is 14.9 Å². The Kier molecular flexibility index (Phi) is 6.17. The van der Waals surface area contributed by atoms with E-state index in [9.17, 15) is 18.0 Å². The molecule has 2 N–H and O–H groups in total. The summed E-state index contributed by atoms with van der Waals surface area (Å²) in [5, 5.41) is 5.23. The maximum Gasteiger partial charge on any atom is 0.264 e. The van der Waals surface area contributed by atoms with Gasteiger partial charge in [0.1, 0.15) is 0 Å². The SMILES string of the molecule is CNC(=O)c1cccc(NC(=O)c2ccc(S(=O)(=O)N(C)c3ccccc3)cc2)c1. The van der Waals surface area contributed by atoms with Gasteiger partial charge in [0.15, 0.2) is 0 Å². The van der Waals surface area contributed by atoms with E-state index in [1.165, 1.54) is 42.7 Å². The fraction of sp³-hybridized carbons (Fsp3) is 0.0909. The summed E-state index contributed by atoms with van der Waals surface area (Å²) in [7, 11) is -0.751. The molecule has 7 nitrogen and oxygen atoms in total. The lowest BCUT2D eigenvalue weighted by Gasteiger charge is -2.19. The molecule has 3 aromatic carbocycles. The summed E-state index contributed by atoms with van der Waals surface area (Å²) in [5.41, 5.74) is 1.71. The lowest BCUT2D eigenvalue weighted by Crippen LogP contribution is -2.26. The highest BCUT2D eigenvalue weighted by Crippen LogP contribution is 2.22. The first-order valence-electron chi connectivity index (χ1n) is 9.10. The minimum atomic E-state index is -3.75. The monoisotopic (exact) mass is 423 g/mol. The molecule has 0 aliphatic heterocycles. The molecule has 8 heteroatoms. The lowest BCUT2D eigenvalue weighted by molar-refractivity contribution is 0.0961. The van der Waals surface area contributed by atoms with Gasteiger partial charge in [-0.3, -0.25) is 13.9 Å². The number of anilines is 2. The van der Waals surface area contributed by atoms with Crippen molar-refractivity contribution in [2.75, 3.05) is 23.7 Å². The zero-order chi connectivity index (χ0) is 21.7. The van der Waals surface area contributed by atoms with Crippen LogP contribution in [-0.2, 0) is 10.0 Å². The molecular formula is C22H21N3O4S. The number of para-hydroxylation sites is 1. The number of benzene rings is 3. The first-order chi connectivity index (χ1) is 14.3. The van der Waals surface area contributed by atoms with E-state index in [0.29, 0.717) is 22.5 Å². The van der Waals surface area contributed by atoms with Crippen LogP contribution in [-0.4, -0.2) is 34.3 Å². The van der Waals surface area contributed by atoms with E-state index in [2.05, 4.69) is 10.6 Å².